The predicted octanol–water partition coefficient (Wildman–Crippen LogP) is 7.28. The first-order valence-electron chi connectivity index (χ1n) is 15.0. The number of fused-ring (bicyclic) bond motifs is 1. The fraction of sp³-hybridized carbons (Fsp3) is 0.229. The quantitative estimate of drug-likeness (QED) is 0.135. The lowest BCUT2D eigenvalue weighted by atomic mass is 10.1. The second kappa shape index (κ2) is 14.3. The van der Waals surface area contributed by atoms with Gasteiger partial charge in [0.1, 0.15) is 11.4 Å². The Morgan fingerprint density at radius 3 is 2.12 bits per heavy atom. The van der Waals surface area contributed by atoms with Crippen LogP contribution in [0.4, 0.5) is 0 Å². The van der Waals surface area contributed by atoms with E-state index in [1.807, 2.05) is 56.3 Å². The Labute approximate surface area is 291 Å². The highest BCUT2D eigenvalue weighted by molar-refractivity contribution is 7.90. The van der Waals surface area contributed by atoms with Crippen molar-refractivity contribution in [3.05, 3.63) is 123 Å². The topological polar surface area (TPSA) is 115 Å². The van der Waals surface area contributed by atoms with Gasteiger partial charge in [-0.05, 0) is 104 Å². The summed E-state index contributed by atoms with van der Waals surface area (Å²) < 4.78 is 64.2. The fourth-order valence-electron chi connectivity index (χ4n) is 5.55. The number of hydrogen-bond acceptors (Lipinski definition) is 6. The molecule has 0 fully saturated rings. The van der Waals surface area contributed by atoms with Crippen LogP contribution >= 0.6 is 23.2 Å². The van der Waals surface area contributed by atoms with E-state index in [-0.39, 0.29) is 22.0 Å². The Hall–Kier alpha value is -3.87. The third-order valence-electron chi connectivity index (χ3n) is 8.02. The minimum absolute atomic E-state index is 0.0785. The van der Waals surface area contributed by atoms with Crippen LogP contribution in [-0.2, 0) is 33.1 Å². The first kappa shape index (κ1) is 35.4. The van der Waals surface area contributed by atoms with Gasteiger partial charge in [0, 0.05) is 41.1 Å². The number of benzene rings is 4. The molecule has 4 aromatic carbocycles. The van der Waals surface area contributed by atoms with Crippen LogP contribution in [-0.4, -0.2) is 45.3 Å². The zero-order chi connectivity index (χ0) is 34.8. The third-order valence-corrected chi connectivity index (χ3v) is 12.0. The summed E-state index contributed by atoms with van der Waals surface area (Å²) in [6, 6.07) is 22.8. The molecule has 0 aliphatic rings. The van der Waals surface area contributed by atoms with Gasteiger partial charge in [0.15, 0.2) is 0 Å². The number of aromatic nitrogens is 1. The van der Waals surface area contributed by atoms with Gasteiger partial charge in [-0.2, -0.15) is 4.31 Å². The molecule has 9 nitrogen and oxygen atoms in total. The summed E-state index contributed by atoms with van der Waals surface area (Å²) >= 11 is 12.6. The molecule has 0 spiro atoms. The number of nitrogens with one attached hydrogen (secondary N) is 1. The van der Waals surface area contributed by atoms with Crippen LogP contribution in [0.3, 0.4) is 0 Å². The summed E-state index contributed by atoms with van der Waals surface area (Å²) in [6.07, 6.45) is 0.508. The normalized spacial score (nSPS) is 12.1. The molecule has 0 saturated heterocycles. The van der Waals surface area contributed by atoms with Crippen LogP contribution in [0.1, 0.15) is 39.2 Å². The molecule has 0 atom stereocenters. The van der Waals surface area contributed by atoms with E-state index in [0.717, 1.165) is 16.7 Å². The van der Waals surface area contributed by atoms with Gasteiger partial charge in [0.25, 0.3) is 15.9 Å². The molecule has 5 rings (SSSR count). The Morgan fingerprint density at radius 2 is 1.48 bits per heavy atom. The Bertz CT molecular complexity index is 2180. The molecule has 1 aromatic heterocycles. The van der Waals surface area contributed by atoms with Crippen LogP contribution in [0, 0.1) is 20.8 Å². The summed E-state index contributed by atoms with van der Waals surface area (Å²) in [5, 5.41) is 1.88. The Kier molecular flexibility index (Phi) is 10.6. The van der Waals surface area contributed by atoms with Crippen molar-refractivity contribution in [2.75, 3.05) is 13.7 Å². The summed E-state index contributed by atoms with van der Waals surface area (Å²) in [5.41, 5.74) is 4.06. The largest absolute Gasteiger partial charge is 0.494 e. The number of amides is 1. The number of rotatable bonds is 12. The SMILES string of the molecule is Cc1cc(OCCCn2c(C(=O)NS(=O)(=O)c3ccc(S(=O)(=O)N(C)Cc4ccccc4)cc3)c(C)c3cc(Cl)ccc32)cc(C)c1Cl. The molecule has 0 bridgehead atoms. The molecule has 0 aliphatic carbocycles. The first-order valence-corrected chi connectivity index (χ1v) is 18.7. The number of aryl methyl sites for hydroxylation is 4. The number of sulfonamides is 2. The first-order chi connectivity index (χ1) is 22.7. The van der Waals surface area contributed by atoms with Crippen LogP contribution < -0.4 is 9.46 Å². The van der Waals surface area contributed by atoms with Crippen molar-refractivity contribution in [1.29, 1.82) is 0 Å². The number of carbonyl (C=O) groups is 1. The Balaban J connectivity index is 1.34. The number of halogens is 2. The van der Waals surface area contributed by atoms with E-state index in [9.17, 15) is 21.6 Å². The van der Waals surface area contributed by atoms with Gasteiger partial charge in [-0.3, -0.25) is 4.79 Å². The van der Waals surface area contributed by atoms with Crippen LogP contribution in [0.15, 0.2) is 94.7 Å². The number of hydrogen-bond donors (Lipinski definition) is 1. The van der Waals surface area contributed by atoms with E-state index in [0.29, 0.717) is 51.8 Å². The molecule has 0 radical (unpaired) electrons. The summed E-state index contributed by atoms with van der Waals surface area (Å²) in [6.45, 7) is 6.38. The van der Waals surface area contributed by atoms with Crippen molar-refractivity contribution < 1.29 is 26.4 Å². The maximum Gasteiger partial charge on any atom is 0.281 e. The van der Waals surface area contributed by atoms with Gasteiger partial charge in [-0.15, -0.1) is 0 Å². The molecule has 13 heteroatoms. The van der Waals surface area contributed by atoms with Crippen molar-refractivity contribution in [3.63, 3.8) is 0 Å². The fourth-order valence-corrected chi connectivity index (χ4v) is 7.94. The molecule has 1 amide bonds. The summed E-state index contributed by atoms with van der Waals surface area (Å²) in [5.74, 6) is -0.149. The van der Waals surface area contributed by atoms with Crippen molar-refractivity contribution in [2.24, 2.45) is 0 Å². The second-order valence-electron chi connectivity index (χ2n) is 11.5. The highest BCUT2D eigenvalue weighted by atomic mass is 35.5. The number of carbonyl (C=O) groups excluding carboxylic acids is 1. The number of nitrogens with zero attached hydrogens (tertiary/aromatic N) is 2. The maximum absolute atomic E-state index is 13.7. The lowest BCUT2D eigenvalue weighted by molar-refractivity contribution is 0.0971. The molecule has 1 N–H and O–H groups in total. The predicted molar refractivity (Wildman–Crippen MR) is 189 cm³/mol. The molecular formula is C35H35Cl2N3O6S2. The van der Waals surface area contributed by atoms with Gasteiger partial charge < -0.3 is 9.30 Å². The minimum Gasteiger partial charge on any atom is -0.494 e. The van der Waals surface area contributed by atoms with Crippen molar-refractivity contribution in [1.82, 2.24) is 13.6 Å². The van der Waals surface area contributed by atoms with Gasteiger partial charge in [-0.1, -0.05) is 53.5 Å². The summed E-state index contributed by atoms with van der Waals surface area (Å²) in [7, 11) is -6.83. The van der Waals surface area contributed by atoms with Gasteiger partial charge in [0.2, 0.25) is 10.0 Å². The van der Waals surface area contributed by atoms with Gasteiger partial charge in [-0.25, -0.2) is 21.6 Å². The van der Waals surface area contributed by atoms with Gasteiger partial charge in [0.05, 0.1) is 16.4 Å². The molecular weight excluding hydrogens is 693 g/mol. The standard InChI is InChI=1S/C35H35Cl2N3O6S2/c1-23-19-28(20-24(2)33(23)37)46-18-8-17-40-32-16-11-27(36)21-31(32)25(3)34(40)35(41)38-47(42,43)29-12-14-30(15-13-29)48(44,45)39(4)22-26-9-6-5-7-10-26/h5-7,9-16,19-21H,8,17-18,22H2,1-4H3,(H,38,41). The minimum atomic E-state index is -4.37. The second-order valence-corrected chi connectivity index (χ2v) is 16.1. The monoisotopic (exact) mass is 727 g/mol. The van der Waals surface area contributed by atoms with E-state index >= 15 is 0 Å². The van der Waals surface area contributed by atoms with Crippen LogP contribution in [0.25, 0.3) is 10.9 Å². The zero-order valence-electron chi connectivity index (χ0n) is 26.8. The van der Waals surface area contributed by atoms with Crippen molar-refractivity contribution >= 4 is 60.1 Å². The van der Waals surface area contributed by atoms with E-state index in [1.54, 1.807) is 29.7 Å². The Morgan fingerprint density at radius 1 is 0.854 bits per heavy atom. The lowest BCUT2D eigenvalue weighted by Crippen LogP contribution is -2.33. The van der Waals surface area contributed by atoms with Crippen LogP contribution in [0.2, 0.25) is 10.0 Å². The zero-order valence-corrected chi connectivity index (χ0v) is 30.0. The molecule has 48 heavy (non-hydrogen) atoms. The van der Waals surface area contributed by atoms with Crippen LogP contribution in [0.5, 0.6) is 5.75 Å². The maximum atomic E-state index is 13.7. The molecule has 0 saturated carbocycles. The average Bonchev–Trinajstić information content (AvgIpc) is 3.32. The highest BCUT2D eigenvalue weighted by Crippen LogP contribution is 2.30. The smallest absolute Gasteiger partial charge is 0.281 e. The lowest BCUT2D eigenvalue weighted by Gasteiger charge is -2.17. The van der Waals surface area contributed by atoms with Crippen molar-refractivity contribution in [3.8, 4) is 5.75 Å². The third kappa shape index (κ3) is 7.55. The van der Waals surface area contributed by atoms with E-state index in [2.05, 4.69) is 4.72 Å². The highest BCUT2D eigenvalue weighted by Gasteiger charge is 2.27. The molecule has 1 heterocycles. The van der Waals surface area contributed by atoms with Crippen molar-refractivity contribution in [2.45, 2.75) is 50.1 Å². The van der Waals surface area contributed by atoms with E-state index in [4.69, 9.17) is 27.9 Å². The summed E-state index contributed by atoms with van der Waals surface area (Å²) in [4.78, 5) is 13.4. The molecule has 0 unspecified atom stereocenters. The molecule has 5 aromatic rings. The number of ether oxygens (including phenoxy) is 1. The van der Waals surface area contributed by atoms with Gasteiger partial charge >= 0.3 is 0 Å². The molecule has 252 valence electrons. The molecule has 0 aliphatic heterocycles. The van der Waals surface area contributed by atoms with E-state index in [1.165, 1.54) is 35.6 Å². The average molecular weight is 729 g/mol. The van der Waals surface area contributed by atoms with E-state index < -0.39 is 26.0 Å².